The normalized spacial score (nSPS) is 12.0. The molecule has 5 heteroatoms. The molecule has 0 heterocycles. The second-order valence-electron chi connectivity index (χ2n) is 3.84. The average molecular weight is 316 g/mol. The van der Waals surface area contributed by atoms with Crippen LogP contribution in [0.15, 0.2) is 22.7 Å². The van der Waals surface area contributed by atoms with Crippen LogP contribution in [0.1, 0.15) is 24.4 Å². The van der Waals surface area contributed by atoms with E-state index < -0.39 is 0 Å². The summed E-state index contributed by atoms with van der Waals surface area (Å²) in [6.45, 7) is 0. The molecule has 1 N–H and O–H groups in total. The lowest BCUT2D eigenvalue weighted by molar-refractivity contribution is -0.140. The predicted molar refractivity (Wildman–Crippen MR) is 73.7 cm³/mol. The van der Waals surface area contributed by atoms with Crippen molar-refractivity contribution in [1.82, 2.24) is 5.32 Å². The standard InChI is InChI=1S/C13H18BrNO3/c1-15-11(5-7-13(16)18-3)10-8-9(14)4-6-12(10)17-2/h4,6,8,11,15H,5,7H2,1-3H3. The molecule has 0 spiro atoms. The molecule has 1 unspecified atom stereocenters. The van der Waals surface area contributed by atoms with Crippen LogP contribution in [0, 0.1) is 0 Å². The fraction of sp³-hybridized carbons (Fsp3) is 0.462. The van der Waals surface area contributed by atoms with Gasteiger partial charge in [-0.05, 0) is 31.7 Å². The molecule has 1 aromatic rings. The van der Waals surface area contributed by atoms with Gasteiger partial charge in [-0.15, -0.1) is 0 Å². The number of nitrogens with one attached hydrogen (secondary N) is 1. The Morgan fingerprint density at radius 2 is 2.17 bits per heavy atom. The number of carbonyl (C=O) groups excluding carboxylic acids is 1. The highest BCUT2D eigenvalue weighted by Crippen LogP contribution is 2.30. The van der Waals surface area contributed by atoms with Gasteiger partial charge in [0.25, 0.3) is 0 Å². The summed E-state index contributed by atoms with van der Waals surface area (Å²) in [5.41, 5.74) is 1.03. The van der Waals surface area contributed by atoms with Gasteiger partial charge in [-0.2, -0.15) is 0 Å². The molecule has 100 valence electrons. The highest BCUT2D eigenvalue weighted by molar-refractivity contribution is 9.10. The molecule has 0 aliphatic rings. The van der Waals surface area contributed by atoms with Gasteiger partial charge >= 0.3 is 5.97 Å². The van der Waals surface area contributed by atoms with Crippen molar-refractivity contribution in [1.29, 1.82) is 0 Å². The number of halogens is 1. The van der Waals surface area contributed by atoms with Crippen molar-refractivity contribution in [3.8, 4) is 5.75 Å². The molecule has 1 rings (SSSR count). The average Bonchev–Trinajstić information content (AvgIpc) is 2.39. The van der Waals surface area contributed by atoms with Crippen molar-refractivity contribution in [3.63, 3.8) is 0 Å². The van der Waals surface area contributed by atoms with E-state index in [-0.39, 0.29) is 12.0 Å². The van der Waals surface area contributed by atoms with Crippen LogP contribution in [0.5, 0.6) is 5.75 Å². The number of benzene rings is 1. The molecule has 0 aromatic heterocycles. The maximum Gasteiger partial charge on any atom is 0.305 e. The van der Waals surface area contributed by atoms with E-state index in [1.807, 2.05) is 25.2 Å². The molecule has 4 nitrogen and oxygen atoms in total. The van der Waals surface area contributed by atoms with Crippen molar-refractivity contribution in [2.75, 3.05) is 21.3 Å². The zero-order valence-electron chi connectivity index (χ0n) is 10.8. The van der Waals surface area contributed by atoms with Gasteiger partial charge in [0.1, 0.15) is 5.75 Å². The van der Waals surface area contributed by atoms with Crippen molar-refractivity contribution in [3.05, 3.63) is 28.2 Å². The SMILES string of the molecule is CNC(CCC(=O)OC)c1cc(Br)ccc1OC. The Labute approximate surface area is 116 Å². The molecular weight excluding hydrogens is 298 g/mol. The Morgan fingerprint density at radius 1 is 1.44 bits per heavy atom. The van der Waals surface area contributed by atoms with E-state index in [1.165, 1.54) is 7.11 Å². The highest BCUT2D eigenvalue weighted by atomic mass is 79.9. The summed E-state index contributed by atoms with van der Waals surface area (Å²) in [6, 6.07) is 5.88. The van der Waals surface area contributed by atoms with Crippen LogP contribution < -0.4 is 10.1 Å². The van der Waals surface area contributed by atoms with Gasteiger partial charge in [0.2, 0.25) is 0 Å². The maximum absolute atomic E-state index is 11.2. The number of hydrogen-bond donors (Lipinski definition) is 1. The van der Waals surface area contributed by atoms with E-state index in [0.29, 0.717) is 12.8 Å². The van der Waals surface area contributed by atoms with E-state index in [9.17, 15) is 4.79 Å². The Morgan fingerprint density at radius 3 is 2.72 bits per heavy atom. The van der Waals surface area contributed by atoms with Gasteiger partial charge in [-0.25, -0.2) is 0 Å². The molecule has 0 radical (unpaired) electrons. The number of methoxy groups -OCH3 is 2. The zero-order valence-corrected chi connectivity index (χ0v) is 12.4. The van der Waals surface area contributed by atoms with E-state index in [0.717, 1.165) is 15.8 Å². The third-order valence-corrected chi connectivity index (χ3v) is 3.27. The summed E-state index contributed by atoms with van der Waals surface area (Å²) in [6.07, 6.45) is 1.04. The summed E-state index contributed by atoms with van der Waals surface area (Å²) in [5.74, 6) is 0.603. The minimum atomic E-state index is -0.204. The number of rotatable bonds is 6. The van der Waals surface area contributed by atoms with Gasteiger partial charge in [0, 0.05) is 22.5 Å². The summed E-state index contributed by atoms with van der Waals surface area (Å²) >= 11 is 3.44. The van der Waals surface area contributed by atoms with Crippen LogP contribution in [0.25, 0.3) is 0 Å². The quantitative estimate of drug-likeness (QED) is 0.820. The lowest BCUT2D eigenvalue weighted by Crippen LogP contribution is -2.18. The summed E-state index contributed by atoms with van der Waals surface area (Å²) in [5, 5.41) is 3.19. The molecule has 0 saturated heterocycles. The van der Waals surface area contributed by atoms with Crippen molar-refractivity contribution in [2.45, 2.75) is 18.9 Å². The molecule has 0 saturated carbocycles. The summed E-state index contributed by atoms with van der Waals surface area (Å²) in [7, 11) is 4.90. The molecule has 1 atom stereocenters. The first-order valence-electron chi connectivity index (χ1n) is 5.70. The summed E-state index contributed by atoms with van der Waals surface area (Å²) in [4.78, 5) is 11.2. The third kappa shape index (κ3) is 3.99. The van der Waals surface area contributed by atoms with Gasteiger partial charge in [-0.1, -0.05) is 15.9 Å². The Hall–Kier alpha value is -1.07. The minimum absolute atomic E-state index is 0.0524. The first-order chi connectivity index (χ1) is 8.62. The number of hydrogen-bond acceptors (Lipinski definition) is 4. The molecular formula is C13H18BrNO3. The second-order valence-corrected chi connectivity index (χ2v) is 4.76. The fourth-order valence-electron chi connectivity index (χ4n) is 1.80. The van der Waals surface area contributed by atoms with Crippen LogP contribution in [0.2, 0.25) is 0 Å². The first kappa shape index (κ1) is 15.0. The minimum Gasteiger partial charge on any atom is -0.496 e. The lowest BCUT2D eigenvalue weighted by atomic mass is 10.0. The first-order valence-corrected chi connectivity index (χ1v) is 6.49. The predicted octanol–water partition coefficient (Wildman–Crippen LogP) is 2.67. The molecule has 0 fully saturated rings. The third-order valence-electron chi connectivity index (χ3n) is 2.78. The Kier molecular flexibility index (Phi) is 6.15. The smallest absolute Gasteiger partial charge is 0.305 e. The van der Waals surface area contributed by atoms with Crippen LogP contribution in [0.4, 0.5) is 0 Å². The Bertz CT molecular complexity index is 409. The van der Waals surface area contributed by atoms with E-state index in [4.69, 9.17) is 4.74 Å². The van der Waals surface area contributed by atoms with E-state index >= 15 is 0 Å². The molecule has 0 aliphatic heterocycles. The number of esters is 1. The van der Waals surface area contributed by atoms with Gasteiger partial charge in [-0.3, -0.25) is 4.79 Å². The molecule has 0 aliphatic carbocycles. The number of ether oxygens (including phenoxy) is 2. The van der Waals surface area contributed by atoms with Crippen LogP contribution in [0.3, 0.4) is 0 Å². The van der Waals surface area contributed by atoms with Crippen LogP contribution >= 0.6 is 15.9 Å². The topological polar surface area (TPSA) is 47.6 Å². The lowest BCUT2D eigenvalue weighted by Gasteiger charge is -2.19. The maximum atomic E-state index is 11.2. The Balaban J connectivity index is 2.86. The molecule has 0 amide bonds. The van der Waals surface area contributed by atoms with Crippen molar-refractivity contribution < 1.29 is 14.3 Å². The van der Waals surface area contributed by atoms with Gasteiger partial charge in [0.05, 0.1) is 14.2 Å². The molecule has 18 heavy (non-hydrogen) atoms. The summed E-state index contributed by atoms with van der Waals surface area (Å²) < 4.78 is 11.0. The van der Waals surface area contributed by atoms with Crippen LogP contribution in [-0.2, 0) is 9.53 Å². The largest absolute Gasteiger partial charge is 0.496 e. The highest BCUT2D eigenvalue weighted by Gasteiger charge is 2.16. The zero-order chi connectivity index (χ0) is 13.5. The van der Waals surface area contributed by atoms with E-state index in [2.05, 4.69) is 26.0 Å². The monoisotopic (exact) mass is 315 g/mol. The van der Waals surface area contributed by atoms with Crippen LogP contribution in [-0.4, -0.2) is 27.2 Å². The fourth-order valence-corrected chi connectivity index (χ4v) is 2.18. The molecule has 1 aromatic carbocycles. The van der Waals surface area contributed by atoms with E-state index in [1.54, 1.807) is 7.11 Å². The van der Waals surface area contributed by atoms with Crippen molar-refractivity contribution in [2.24, 2.45) is 0 Å². The second kappa shape index (κ2) is 7.38. The number of carbonyl (C=O) groups is 1. The van der Waals surface area contributed by atoms with Gasteiger partial charge < -0.3 is 14.8 Å². The van der Waals surface area contributed by atoms with Gasteiger partial charge in [0.15, 0.2) is 0 Å². The van der Waals surface area contributed by atoms with Crippen molar-refractivity contribution >= 4 is 21.9 Å². The molecule has 0 bridgehead atoms.